The lowest BCUT2D eigenvalue weighted by Crippen LogP contribution is -2.40. The van der Waals surface area contributed by atoms with E-state index in [9.17, 15) is 0 Å². The highest BCUT2D eigenvalue weighted by molar-refractivity contribution is 7.11. The van der Waals surface area contributed by atoms with E-state index in [1.807, 2.05) is 18.3 Å². The SMILES string of the molecule is CCc1cnc(C(C)NC2c3ccccc3OC2(C)C)s1. The van der Waals surface area contributed by atoms with Crippen LogP contribution in [0.3, 0.4) is 0 Å². The third-order valence-corrected chi connectivity index (χ3v) is 5.33. The van der Waals surface area contributed by atoms with Crippen LogP contribution in [0.2, 0.25) is 0 Å². The molecule has 0 saturated carbocycles. The van der Waals surface area contributed by atoms with Crippen LogP contribution in [0.25, 0.3) is 0 Å². The minimum Gasteiger partial charge on any atom is -0.486 e. The summed E-state index contributed by atoms with van der Waals surface area (Å²) in [5.74, 6) is 0.987. The van der Waals surface area contributed by atoms with Gasteiger partial charge in [-0.05, 0) is 33.3 Å². The Labute approximate surface area is 130 Å². The Kier molecular flexibility index (Phi) is 3.76. The van der Waals surface area contributed by atoms with Crippen molar-refractivity contribution in [3.63, 3.8) is 0 Å². The number of aryl methyl sites for hydroxylation is 1. The Bertz CT molecular complexity index is 635. The molecule has 0 aliphatic carbocycles. The maximum Gasteiger partial charge on any atom is 0.125 e. The Hall–Kier alpha value is -1.39. The second-order valence-corrected chi connectivity index (χ2v) is 7.23. The summed E-state index contributed by atoms with van der Waals surface area (Å²) in [6.45, 7) is 8.61. The molecule has 1 aliphatic rings. The first-order valence-corrected chi connectivity index (χ1v) is 8.31. The lowest BCUT2D eigenvalue weighted by molar-refractivity contribution is 0.0919. The van der Waals surface area contributed by atoms with Gasteiger partial charge in [0.05, 0.1) is 12.1 Å². The van der Waals surface area contributed by atoms with Crippen LogP contribution in [0.1, 0.15) is 55.2 Å². The first-order chi connectivity index (χ1) is 10.0. The summed E-state index contributed by atoms with van der Waals surface area (Å²) in [4.78, 5) is 5.88. The highest BCUT2D eigenvalue weighted by Crippen LogP contribution is 2.43. The quantitative estimate of drug-likeness (QED) is 0.916. The maximum absolute atomic E-state index is 6.09. The van der Waals surface area contributed by atoms with E-state index >= 15 is 0 Å². The minimum atomic E-state index is -0.247. The van der Waals surface area contributed by atoms with Crippen molar-refractivity contribution in [3.05, 3.63) is 45.9 Å². The fraction of sp³-hybridized carbons (Fsp3) is 0.471. The van der Waals surface area contributed by atoms with Gasteiger partial charge in [0.2, 0.25) is 0 Å². The van der Waals surface area contributed by atoms with E-state index in [1.165, 1.54) is 10.4 Å². The molecule has 1 aliphatic heterocycles. The summed E-state index contributed by atoms with van der Waals surface area (Å²) in [5, 5.41) is 4.85. The second kappa shape index (κ2) is 5.43. The van der Waals surface area contributed by atoms with E-state index in [2.05, 4.69) is 50.1 Å². The summed E-state index contributed by atoms with van der Waals surface area (Å²) in [6, 6.07) is 8.68. The van der Waals surface area contributed by atoms with Gasteiger partial charge in [-0.3, -0.25) is 5.32 Å². The lowest BCUT2D eigenvalue weighted by atomic mass is 9.94. The molecule has 1 N–H and O–H groups in total. The topological polar surface area (TPSA) is 34.2 Å². The van der Waals surface area contributed by atoms with Crippen LogP contribution in [0.4, 0.5) is 0 Å². The number of aromatic nitrogens is 1. The summed E-state index contributed by atoms with van der Waals surface area (Å²) < 4.78 is 6.09. The van der Waals surface area contributed by atoms with Gasteiger partial charge in [-0.25, -0.2) is 4.98 Å². The minimum absolute atomic E-state index is 0.178. The van der Waals surface area contributed by atoms with Crippen LogP contribution < -0.4 is 10.1 Å². The van der Waals surface area contributed by atoms with E-state index in [4.69, 9.17) is 4.74 Å². The highest BCUT2D eigenvalue weighted by atomic mass is 32.1. The third kappa shape index (κ3) is 2.70. The molecule has 0 saturated heterocycles. The van der Waals surface area contributed by atoms with Gasteiger partial charge in [-0.15, -0.1) is 11.3 Å². The van der Waals surface area contributed by atoms with E-state index in [0.717, 1.165) is 17.2 Å². The summed E-state index contributed by atoms with van der Waals surface area (Å²) in [7, 11) is 0. The number of rotatable bonds is 4. The van der Waals surface area contributed by atoms with Crippen LogP contribution in [0.5, 0.6) is 5.75 Å². The van der Waals surface area contributed by atoms with Crippen LogP contribution in [0, 0.1) is 0 Å². The zero-order valence-corrected chi connectivity index (χ0v) is 13.8. The molecular formula is C17H22N2OS. The number of hydrogen-bond donors (Lipinski definition) is 1. The van der Waals surface area contributed by atoms with Crippen molar-refractivity contribution in [2.45, 2.75) is 51.8 Å². The smallest absolute Gasteiger partial charge is 0.125 e. The van der Waals surface area contributed by atoms with Crippen LogP contribution >= 0.6 is 11.3 Å². The van der Waals surface area contributed by atoms with Gasteiger partial charge >= 0.3 is 0 Å². The number of benzene rings is 1. The monoisotopic (exact) mass is 302 g/mol. The number of para-hydroxylation sites is 1. The molecule has 0 radical (unpaired) electrons. The molecule has 2 aromatic rings. The molecule has 0 spiro atoms. The largest absolute Gasteiger partial charge is 0.486 e. The molecule has 1 aromatic carbocycles. The van der Waals surface area contributed by atoms with Crippen molar-refractivity contribution < 1.29 is 4.74 Å². The van der Waals surface area contributed by atoms with Crippen molar-refractivity contribution in [3.8, 4) is 5.75 Å². The average Bonchev–Trinajstić information content (AvgIpc) is 3.02. The van der Waals surface area contributed by atoms with Crippen molar-refractivity contribution in [1.29, 1.82) is 0 Å². The second-order valence-electron chi connectivity index (χ2n) is 6.08. The molecule has 2 unspecified atom stereocenters. The molecule has 21 heavy (non-hydrogen) atoms. The molecule has 4 heteroatoms. The molecule has 2 heterocycles. The summed E-state index contributed by atoms with van der Waals surface area (Å²) in [5.41, 5.74) is 0.990. The van der Waals surface area contributed by atoms with E-state index < -0.39 is 0 Å². The van der Waals surface area contributed by atoms with Crippen molar-refractivity contribution in [2.24, 2.45) is 0 Å². The average molecular weight is 302 g/mol. The van der Waals surface area contributed by atoms with Gasteiger partial charge < -0.3 is 4.74 Å². The van der Waals surface area contributed by atoms with E-state index in [-0.39, 0.29) is 17.7 Å². The van der Waals surface area contributed by atoms with Crippen molar-refractivity contribution in [2.75, 3.05) is 0 Å². The fourth-order valence-corrected chi connectivity index (χ4v) is 3.70. The van der Waals surface area contributed by atoms with Crippen molar-refractivity contribution in [1.82, 2.24) is 10.3 Å². The van der Waals surface area contributed by atoms with E-state index in [1.54, 1.807) is 11.3 Å². The Morgan fingerprint density at radius 3 is 2.86 bits per heavy atom. The predicted octanol–water partition coefficient (Wildman–Crippen LogP) is 4.27. The molecule has 112 valence electrons. The maximum atomic E-state index is 6.09. The number of nitrogens with one attached hydrogen (secondary N) is 1. The molecule has 0 bridgehead atoms. The van der Waals surface area contributed by atoms with Gasteiger partial charge in [0.15, 0.2) is 0 Å². The van der Waals surface area contributed by atoms with Gasteiger partial charge in [-0.2, -0.15) is 0 Å². The number of hydrogen-bond acceptors (Lipinski definition) is 4. The highest BCUT2D eigenvalue weighted by Gasteiger charge is 2.41. The number of fused-ring (bicyclic) bond motifs is 1. The normalized spacial score (nSPS) is 20.9. The van der Waals surface area contributed by atoms with Crippen LogP contribution in [-0.2, 0) is 6.42 Å². The molecule has 3 nitrogen and oxygen atoms in total. The first kappa shape index (κ1) is 14.5. The standard InChI is InChI=1S/C17H22N2OS/c1-5-12-10-18-16(21-12)11(2)19-15-13-8-6-7-9-14(13)20-17(15,3)4/h6-11,15,19H,5H2,1-4H3. The zero-order chi connectivity index (χ0) is 15.0. The molecule has 0 amide bonds. The van der Waals surface area contributed by atoms with Gasteiger partial charge in [0, 0.05) is 16.6 Å². The summed E-state index contributed by atoms with van der Waals surface area (Å²) >= 11 is 1.79. The van der Waals surface area contributed by atoms with Gasteiger partial charge in [-0.1, -0.05) is 25.1 Å². The zero-order valence-electron chi connectivity index (χ0n) is 13.0. The van der Waals surface area contributed by atoms with Gasteiger partial charge in [0.25, 0.3) is 0 Å². The Balaban J connectivity index is 1.83. The molecule has 1 aromatic heterocycles. The fourth-order valence-electron chi connectivity index (χ4n) is 2.83. The number of ether oxygens (including phenoxy) is 1. The van der Waals surface area contributed by atoms with E-state index in [0.29, 0.717) is 0 Å². The molecule has 0 fully saturated rings. The number of thiazole rings is 1. The van der Waals surface area contributed by atoms with Gasteiger partial charge in [0.1, 0.15) is 16.4 Å². The molecular weight excluding hydrogens is 280 g/mol. The first-order valence-electron chi connectivity index (χ1n) is 7.50. The van der Waals surface area contributed by atoms with Crippen molar-refractivity contribution >= 4 is 11.3 Å². The molecule has 2 atom stereocenters. The lowest BCUT2D eigenvalue weighted by Gasteiger charge is -2.29. The van der Waals surface area contributed by atoms with Crippen LogP contribution in [0.15, 0.2) is 30.5 Å². The third-order valence-electron chi connectivity index (χ3n) is 4.01. The predicted molar refractivity (Wildman–Crippen MR) is 86.9 cm³/mol. The van der Waals surface area contributed by atoms with Crippen LogP contribution in [-0.4, -0.2) is 10.6 Å². The number of nitrogens with zero attached hydrogens (tertiary/aromatic N) is 1. The summed E-state index contributed by atoms with van der Waals surface area (Å²) in [6.07, 6.45) is 3.04. The Morgan fingerprint density at radius 1 is 1.38 bits per heavy atom. The molecule has 3 rings (SSSR count). The Morgan fingerprint density at radius 2 is 2.14 bits per heavy atom.